The van der Waals surface area contributed by atoms with Gasteiger partial charge in [-0.3, -0.25) is 0 Å². The number of aromatic nitrogens is 1. The Morgan fingerprint density at radius 1 is 0.586 bits per heavy atom. The normalized spacial score (nSPS) is 19.1. The van der Waals surface area contributed by atoms with Gasteiger partial charge in [0, 0.05) is 40.1 Å². The SMILES string of the molecule is CN1C2=C(C(c3ccc4c(c3)C3=C(CCC=C3)C43c4ccccc4-c4ccccc43)=NC1n1c3ccccc3c3cc4ccccc4cc31)c1ccccc1C2(C)C. The summed E-state index contributed by atoms with van der Waals surface area (Å²) >= 11 is 0. The van der Waals surface area contributed by atoms with Crippen molar-refractivity contribution in [2.75, 3.05) is 7.05 Å². The first-order valence-electron chi connectivity index (χ1n) is 20.8. The molecule has 58 heavy (non-hydrogen) atoms. The molecule has 13 rings (SSSR count). The van der Waals surface area contributed by atoms with Crippen LogP contribution in [0.1, 0.15) is 71.9 Å². The van der Waals surface area contributed by atoms with Crippen molar-refractivity contribution in [1.29, 1.82) is 0 Å². The summed E-state index contributed by atoms with van der Waals surface area (Å²) in [5.41, 5.74) is 20.5. The van der Waals surface area contributed by atoms with Gasteiger partial charge in [-0.2, -0.15) is 0 Å². The van der Waals surface area contributed by atoms with Gasteiger partial charge < -0.3 is 9.47 Å². The van der Waals surface area contributed by atoms with Crippen LogP contribution in [0.4, 0.5) is 0 Å². The van der Waals surface area contributed by atoms with Crippen LogP contribution in [0.3, 0.4) is 0 Å². The standard InChI is InChI=1S/C55H41N3/c1-54(2)43-23-11-9-22-40(43)50-51(56-53(57(3)52(50)54)58-48-27-15-10-21-39(48)42-30-33-16-4-5-17-34(33)32-49(42)58)35-28-29-47-41(31-35)38-20-8-14-26-46(38)55(47)44-24-12-6-18-36(44)37-19-7-13-25-45(37)55/h4-13,15-25,27-32,53H,14,26H2,1-3H3. The number of para-hydroxylation sites is 1. The molecule has 2 heterocycles. The van der Waals surface area contributed by atoms with E-state index in [1.54, 1.807) is 0 Å². The van der Waals surface area contributed by atoms with Crippen molar-refractivity contribution < 1.29 is 0 Å². The van der Waals surface area contributed by atoms with Crippen molar-refractivity contribution >= 4 is 49.4 Å². The quantitative estimate of drug-likeness (QED) is 0.173. The molecule has 8 aromatic rings. The maximum Gasteiger partial charge on any atom is 0.203 e. The smallest absolute Gasteiger partial charge is 0.203 e. The number of hydrogen-bond acceptors (Lipinski definition) is 2. The Bertz CT molecular complexity index is 3240. The molecule has 1 unspecified atom stereocenters. The Balaban J connectivity index is 1.09. The van der Waals surface area contributed by atoms with Gasteiger partial charge in [0.05, 0.1) is 22.2 Å². The molecule has 7 aromatic carbocycles. The summed E-state index contributed by atoms with van der Waals surface area (Å²) in [6.07, 6.45) is 6.60. The van der Waals surface area contributed by atoms with Crippen LogP contribution in [0.2, 0.25) is 0 Å². The number of nitrogens with zero attached hydrogens (tertiary/aromatic N) is 3. The molecular formula is C55H41N3. The fraction of sp³-hybridized carbons (Fsp3) is 0.145. The summed E-state index contributed by atoms with van der Waals surface area (Å²) in [6, 6.07) is 57.0. The van der Waals surface area contributed by atoms with Crippen LogP contribution in [0.25, 0.3) is 54.9 Å². The molecule has 0 amide bonds. The molecule has 0 N–H and O–H groups in total. The molecule has 1 aromatic heterocycles. The van der Waals surface area contributed by atoms with Gasteiger partial charge >= 0.3 is 0 Å². The second-order valence-electron chi connectivity index (χ2n) is 17.4. The molecule has 276 valence electrons. The van der Waals surface area contributed by atoms with Crippen LogP contribution in [-0.2, 0) is 10.8 Å². The van der Waals surface area contributed by atoms with E-state index in [9.17, 15) is 0 Å². The number of allylic oxidation sites excluding steroid dienone is 6. The predicted octanol–water partition coefficient (Wildman–Crippen LogP) is 13.0. The van der Waals surface area contributed by atoms with Gasteiger partial charge in [0.25, 0.3) is 0 Å². The van der Waals surface area contributed by atoms with Crippen molar-refractivity contribution in [3.05, 3.63) is 214 Å². The second-order valence-corrected chi connectivity index (χ2v) is 17.4. The zero-order valence-corrected chi connectivity index (χ0v) is 32.9. The molecule has 5 aliphatic rings. The van der Waals surface area contributed by atoms with Gasteiger partial charge in [0.15, 0.2) is 0 Å². The van der Waals surface area contributed by atoms with Gasteiger partial charge in [-0.05, 0) is 104 Å². The average Bonchev–Trinajstić information content (AvgIpc) is 3.93. The van der Waals surface area contributed by atoms with E-state index in [0.717, 1.165) is 18.6 Å². The fourth-order valence-electron chi connectivity index (χ4n) is 12.0. The Labute approximate surface area is 338 Å². The third-order valence-corrected chi connectivity index (χ3v) is 14.3. The van der Waals surface area contributed by atoms with Gasteiger partial charge in [0.1, 0.15) is 0 Å². The number of rotatable bonds is 2. The molecule has 1 spiro atoms. The molecule has 0 radical (unpaired) electrons. The lowest BCUT2D eigenvalue weighted by Crippen LogP contribution is -2.38. The van der Waals surface area contributed by atoms with Gasteiger partial charge in [-0.1, -0.05) is 153 Å². The summed E-state index contributed by atoms with van der Waals surface area (Å²) in [7, 11) is 2.26. The highest BCUT2D eigenvalue weighted by Crippen LogP contribution is 2.64. The number of aliphatic imine (C=N–C) groups is 1. The molecule has 0 bridgehead atoms. The summed E-state index contributed by atoms with van der Waals surface area (Å²) in [5.74, 6) is 0. The van der Waals surface area contributed by atoms with E-state index < -0.39 is 0 Å². The molecule has 4 aliphatic carbocycles. The molecule has 1 atom stereocenters. The Kier molecular flexibility index (Phi) is 6.27. The van der Waals surface area contributed by atoms with E-state index in [2.05, 4.69) is 194 Å². The zero-order chi connectivity index (χ0) is 38.5. The lowest BCUT2D eigenvalue weighted by Gasteiger charge is -2.40. The topological polar surface area (TPSA) is 20.5 Å². The van der Waals surface area contributed by atoms with E-state index >= 15 is 0 Å². The Morgan fingerprint density at radius 2 is 1.22 bits per heavy atom. The molecule has 0 fully saturated rings. The van der Waals surface area contributed by atoms with Crippen LogP contribution in [-0.4, -0.2) is 22.2 Å². The van der Waals surface area contributed by atoms with E-state index in [4.69, 9.17) is 4.99 Å². The van der Waals surface area contributed by atoms with Gasteiger partial charge in [-0.25, -0.2) is 4.99 Å². The third-order valence-electron chi connectivity index (χ3n) is 14.3. The molecule has 3 nitrogen and oxygen atoms in total. The monoisotopic (exact) mass is 743 g/mol. The lowest BCUT2D eigenvalue weighted by molar-refractivity contribution is 0.218. The molecule has 1 aliphatic heterocycles. The highest BCUT2D eigenvalue weighted by molar-refractivity contribution is 6.34. The Morgan fingerprint density at radius 3 is 2.00 bits per heavy atom. The zero-order valence-electron chi connectivity index (χ0n) is 32.9. The molecule has 0 saturated carbocycles. The molecular weight excluding hydrogens is 703 g/mol. The summed E-state index contributed by atoms with van der Waals surface area (Å²) < 4.78 is 2.50. The van der Waals surface area contributed by atoms with E-state index in [1.807, 2.05) is 0 Å². The van der Waals surface area contributed by atoms with Crippen molar-refractivity contribution in [3.8, 4) is 11.1 Å². The number of benzene rings is 7. The fourth-order valence-corrected chi connectivity index (χ4v) is 12.0. The first kappa shape index (κ1) is 32.4. The van der Waals surface area contributed by atoms with Crippen molar-refractivity contribution in [2.45, 2.75) is 43.8 Å². The van der Waals surface area contributed by atoms with Crippen molar-refractivity contribution in [3.63, 3.8) is 0 Å². The molecule has 0 saturated heterocycles. The summed E-state index contributed by atoms with van der Waals surface area (Å²) in [4.78, 5) is 8.44. The van der Waals surface area contributed by atoms with Gasteiger partial charge in [-0.15, -0.1) is 0 Å². The number of fused-ring (bicyclic) bond motifs is 15. The maximum atomic E-state index is 5.97. The van der Waals surface area contributed by atoms with Crippen molar-refractivity contribution in [1.82, 2.24) is 9.47 Å². The summed E-state index contributed by atoms with van der Waals surface area (Å²) in [5, 5.41) is 5.01. The van der Waals surface area contributed by atoms with E-state index in [0.29, 0.717) is 0 Å². The number of likely N-dealkylation sites (N-methyl/N-ethyl adjacent to an activating group) is 1. The van der Waals surface area contributed by atoms with Crippen LogP contribution in [0.5, 0.6) is 0 Å². The Hall–Kier alpha value is -6.71. The highest BCUT2D eigenvalue weighted by atomic mass is 15.4. The van der Waals surface area contributed by atoms with Crippen molar-refractivity contribution in [2.24, 2.45) is 4.99 Å². The minimum Gasteiger partial charge on any atom is -0.338 e. The van der Waals surface area contributed by atoms with Crippen LogP contribution in [0, 0.1) is 0 Å². The largest absolute Gasteiger partial charge is 0.338 e. The minimum atomic E-state index is -0.302. The highest BCUT2D eigenvalue weighted by Gasteiger charge is 2.53. The van der Waals surface area contributed by atoms with Crippen LogP contribution < -0.4 is 0 Å². The van der Waals surface area contributed by atoms with Gasteiger partial charge in [0.2, 0.25) is 6.29 Å². The predicted molar refractivity (Wildman–Crippen MR) is 240 cm³/mol. The third kappa shape index (κ3) is 3.87. The average molecular weight is 744 g/mol. The molecule has 3 heteroatoms. The first-order valence-corrected chi connectivity index (χ1v) is 20.8. The summed E-state index contributed by atoms with van der Waals surface area (Å²) in [6.45, 7) is 4.80. The van der Waals surface area contributed by atoms with Crippen LogP contribution >= 0.6 is 0 Å². The maximum absolute atomic E-state index is 5.97. The number of hydrogen-bond donors (Lipinski definition) is 0. The van der Waals surface area contributed by atoms with E-state index in [1.165, 1.54) is 105 Å². The lowest BCUT2D eigenvalue weighted by atomic mass is 9.68. The van der Waals surface area contributed by atoms with E-state index in [-0.39, 0.29) is 17.1 Å². The first-order chi connectivity index (χ1) is 28.5. The van der Waals surface area contributed by atoms with Crippen LogP contribution in [0.15, 0.2) is 180 Å². The minimum absolute atomic E-state index is 0.231. The second kappa shape index (κ2) is 11.2.